The van der Waals surface area contributed by atoms with Gasteiger partial charge in [0, 0.05) is 17.5 Å². The summed E-state index contributed by atoms with van der Waals surface area (Å²) in [6, 6.07) is 9.74. The van der Waals surface area contributed by atoms with E-state index in [0.29, 0.717) is 33.3 Å². The third kappa shape index (κ3) is 5.46. The molecule has 8 heteroatoms. The quantitative estimate of drug-likeness (QED) is 0.491. The molecule has 1 aromatic heterocycles. The van der Waals surface area contributed by atoms with E-state index in [1.165, 1.54) is 17.4 Å². The molecule has 0 aliphatic rings. The number of carbonyl (C=O) groups is 2. The van der Waals surface area contributed by atoms with E-state index in [-0.39, 0.29) is 34.7 Å². The summed E-state index contributed by atoms with van der Waals surface area (Å²) in [5, 5.41) is 29.0. The topological polar surface area (TPSA) is 110 Å². The van der Waals surface area contributed by atoms with Crippen molar-refractivity contribution in [3.63, 3.8) is 0 Å². The fourth-order valence-electron chi connectivity index (χ4n) is 2.99. The molecule has 0 fully saturated rings. The molecule has 0 spiro atoms. The molecule has 0 bridgehead atoms. The third-order valence-electron chi connectivity index (χ3n) is 4.55. The number of nitrogens with zero attached hydrogens (tertiary/aromatic N) is 2. The largest absolute Gasteiger partial charge is 0.507 e. The minimum Gasteiger partial charge on any atom is -0.507 e. The van der Waals surface area contributed by atoms with Gasteiger partial charge in [-0.2, -0.15) is 0 Å². The predicted octanol–water partition coefficient (Wildman–Crippen LogP) is 5.12. The Labute approximate surface area is 184 Å². The molecule has 162 valence electrons. The number of hydrogen-bond acceptors (Lipinski definition) is 7. The number of ketones is 1. The second-order valence-electron chi connectivity index (χ2n) is 8.42. The number of carboxylic acids is 1. The van der Waals surface area contributed by atoms with Crippen LogP contribution in [0.5, 0.6) is 11.5 Å². The summed E-state index contributed by atoms with van der Waals surface area (Å²) in [5.74, 6) is -0.740. The van der Waals surface area contributed by atoms with Crippen molar-refractivity contribution < 1.29 is 24.5 Å². The smallest absolute Gasteiger partial charge is 0.335 e. The Hall–Kier alpha value is -3.26. The Morgan fingerprint density at radius 2 is 1.87 bits per heavy atom. The molecule has 0 amide bonds. The van der Waals surface area contributed by atoms with Gasteiger partial charge in [0.25, 0.3) is 0 Å². The zero-order valence-electron chi connectivity index (χ0n) is 17.8. The van der Waals surface area contributed by atoms with Gasteiger partial charge in [-0.25, -0.2) is 4.79 Å². The Balaban J connectivity index is 1.72. The number of hydrogen-bond donors (Lipinski definition) is 2. The maximum atomic E-state index is 12.5. The SMILES string of the molecule is Cc1c(OCc2nnc(-c3cccc(C(=O)O)c3)s2)ccc(C(=O)CC(C)(C)C)c1O. The van der Waals surface area contributed by atoms with Crippen molar-refractivity contribution in [2.75, 3.05) is 0 Å². The van der Waals surface area contributed by atoms with Crippen LogP contribution in [0.3, 0.4) is 0 Å². The Kier molecular flexibility index (Phi) is 6.40. The van der Waals surface area contributed by atoms with Crippen LogP contribution >= 0.6 is 11.3 Å². The van der Waals surface area contributed by atoms with Crippen molar-refractivity contribution in [3.8, 4) is 22.1 Å². The third-order valence-corrected chi connectivity index (χ3v) is 5.49. The van der Waals surface area contributed by atoms with E-state index in [1.807, 2.05) is 20.8 Å². The van der Waals surface area contributed by atoms with Crippen LogP contribution in [0.15, 0.2) is 36.4 Å². The van der Waals surface area contributed by atoms with Crippen LogP contribution in [0.1, 0.15) is 58.5 Å². The van der Waals surface area contributed by atoms with Gasteiger partial charge in [-0.15, -0.1) is 10.2 Å². The van der Waals surface area contributed by atoms with Gasteiger partial charge in [0.05, 0.1) is 11.1 Å². The minimum absolute atomic E-state index is 0.0739. The molecule has 1 heterocycles. The fraction of sp³-hybridized carbons (Fsp3) is 0.304. The zero-order valence-corrected chi connectivity index (χ0v) is 18.6. The first-order valence-electron chi connectivity index (χ1n) is 9.70. The number of aromatic hydroxyl groups is 1. The number of ether oxygens (including phenoxy) is 1. The number of phenols is 1. The molecular formula is C23H24N2O5S. The summed E-state index contributed by atoms with van der Waals surface area (Å²) in [6.07, 6.45) is 0.330. The van der Waals surface area contributed by atoms with Gasteiger partial charge in [0.2, 0.25) is 0 Å². The lowest BCUT2D eigenvalue weighted by atomic mass is 9.87. The van der Waals surface area contributed by atoms with Crippen LogP contribution in [0.2, 0.25) is 0 Å². The van der Waals surface area contributed by atoms with Crippen LogP contribution in [0.4, 0.5) is 0 Å². The average molecular weight is 441 g/mol. The summed E-state index contributed by atoms with van der Waals surface area (Å²) >= 11 is 1.29. The van der Waals surface area contributed by atoms with Gasteiger partial charge in [0.15, 0.2) is 10.8 Å². The number of rotatable bonds is 7. The van der Waals surface area contributed by atoms with Gasteiger partial charge in [-0.1, -0.05) is 44.2 Å². The van der Waals surface area contributed by atoms with E-state index in [9.17, 15) is 14.7 Å². The van der Waals surface area contributed by atoms with Crippen molar-refractivity contribution in [3.05, 3.63) is 58.1 Å². The van der Waals surface area contributed by atoms with E-state index in [0.717, 1.165) is 0 Å². The van der Waals surface area contributed by atoms with Crippen molar-refractivity contribution in [1.82, 2.24) is 10.2 Å². The van der Waals surface area contributed by atoms with E-state index in [2.05, 4.69) is 10.2 Å². The fourth-order valence-corrected chi connectivity index (χ4v) is 3.74. The molecule has 2 N–H and O–H groups in total. The lowest BCUT2D eigenvalue weighted by Gasteiger charge is -2.18. The lowest BCUT2D eigenvalue weighted by molar-refractivity contribution is 0.0696. The summed E-state index contributed by atoms with van der Waals surface area (Å²) in [5.41, 5.74) is 1.44. The highest BCUT2D eigenvalue weighted by Gasteiger charge is 2.22. The zero-order chi connectivity index (χ0) is 22.8. The molecule has 0 aliphatic heterocycles. The number of Topliss-reactive ketones (excluding diaryl/α,β-unsaturated/α-hetero) is 1. The number of aromatic carboxylic acids is 1. The number of benzene rings is 2. The molecule has 2 aromatic carbocycles. The number of carboxylic acid groups (broad SMARTS) is 1. The molecule has 3 rings (SSSR count). The molecule has 0 atom stereocenters. The van der Waals surface area contributed by atoms with Crippen LogP contribution < -0.4 is 4.74 Å². The van der Waals surface area contributed by atoms with Crippen molar-refractivity contribution >= 4 is 23.1 Å². The van der Waals surface area contributed by atoms with Crippen LogP contribution in [0, 0.1) is 12.3 Å². The Morgan fingerprint density at radius 3 is 2.55 bits per heavy atom. The van der Waals surface area contributed by atoms with Crippen molar-refractivity contribution in [1.29, 1.82) is 0 Å². The van der Waals surface area contributed by atoms with Crippen molar-refractivity contribution in [2.24, 2.45) is 5.41 Å². The highest BCUT2D eigenvalue weighted by Crippen LogP contribution is 2.34. The monoisotopic (exact) mass is 440 g/mol. The summed E-state index contributed by atoms with van der Waals surface area (Å²) in [7, 11) is 0. The van der Waals surface area contributed by atoms with E-state index < -0.39 is 5.97 Å². The standard InChI is InChI=1S/C23H24N2O5S/c1-13-18(9-8-16(20(13)27)17(26)11-23(2,3)4)30-12-19-24-25-21(31-19)14-6-5-7-15(10-14)22(28)29/h5-10,27H,11-12H2,1-4H3,(H,28,29). The van der Waals surface area contributed by atoms with Gasteiger partial charge < -0.3 is 14.9 Å². The van der Waals surface area contributed by atoms with Gasteiger partial charge >= 0.3 is 5.97 Å². The molecule has 3 aromatic rings. The van der Waals surface area contributed by atoms with Gasteiger partial charge in [-0.3, -0.25) is 4.79 Å². The molecular weight excluding hydrogens is 416 g/mol. The number of carbonyl (C=O) groups excluding carboxylic acids is 1. The average Bonchev–Trinajstić information content (AvgIpc) is 3.17. The molecule has 0 unspecified atom stereocenters. The normalized spacial score (nSPS) is 11.4. The molecule has 0 saturated heterocycles. The highest BCUT2D eigenvalue weighted by molar-refractivity contribution is 7.14. The Morgan fingerprint density at radius 1 is 1.13 bits per heavy atom. The maximum absolute atomic E-state index is 12.5. The highest BCUT2D eigenvalue weighted by atomic mass is 32.1. The van der Waals surface area contributed by atoms with Crippen LogP contribution in [-0.2, 0) is 6.61 Å². The first-order valence-corrected chi connectivity index (χ1v) is 10.5. The summed E-state index contributed by atoms with van der Waals surface area (Å²) in [6.45, 7) is 7.74. The summed E-state index contributed by atoms with van der Waals surface area (Å²) < 4.78 is 5.79. The van der Waals surface area contributed by atoms with Crippen LogP contribution in [0.25, 0.3) is 10.6 Å². The predicted molar refractivity (Wildman–Crippen MR) is 118 cm³/mol. The van der Waals surface area contributed by atoms with Gasteiger partial charge in [-0.05, 0) is 36.6 Å². The molecule has 0 aliphatic carbocycles. The van der Waals surface area contributed by atoms with E-state index in [1.54, 1.807) is 37.3 Å². The summed E-state index contributed by atoms with van der Waals surface area (Å²) in [4.78, 5) is 23.6. The first-order chi connectivity index (χ1) is 14.5. The van der Waals surface area contributed by atoms with E-state index >= 15 is 0 Å². The molecule has 7 nitrogen and oxygen atoms in total. The van der Waals surface area contributed by atoms with Gasteiger partial charge in [0.1, 0.15) is 23.1 Å². The van der Waals surface area contributed by atoms with Crippen molar-refractivity contribution in [2.45, 2.75) is 40.7 Å². The molecule has 0 saturated carbocycles. The van der Waals surface area contributed by atoms with E-state index in [4.69, 9.17) is 9.84 Å². The molecule has 31 heavy (non-hydrogen) atoms. The Bertz CT molecular complexity index is 1130. The number of aromatic nitrogens is 2. The van der Waals surface area contributed by atoms with Crippen LogP contribution in [-0.4, -0.2) is 32.2 Å². The second kappa shape index (κ2) is 8.85. The maximum Gasteiger partial charge on any atom is 0.335 e. The molecule has 0 radical (unpaired) electrons. The first kappa shape index (κ1) is 22.4. The number of phenolic OH excluding ortho intramolecular Hbond substituents is 1. The second-order valence-corrected chi connectivity index (χ2v) is 9.48. The lowest BCUT2D eigenvalue weighted by Crippen LogP contribution is -2.13. The minimum atomic E-state index is -1.00.